The summed E-state index contributed by atoms with van der Waals surface area (Å²) < 4.78 is 9.71. The van der Waals surface area contributed by atoms with E-state index < -0.39 is 0 Å². The van der Waals surface area contributed by atoms with E-state index in [0.717, 1.165) is 6.42 Å². The fourth-order valence-corrected chi connectivity index (χ4v) is 0.543. The van der Waals surface area contributed by atoms with E-state index in [1.54, 1.807) is 6.26 Å². The first-order valence-electron chi connectivity index (χ1n) is 3.51. The molecule has 0 bridgehead atoms. The van der Waals surface area contributed by atoms with E-state index in [1.165, 1.54) is 0 Å². The first-order valence-corrected chi connectivity index (χ1v) is 3.51. The highest BCUT2D eigenvalue weighted by Gasteiger charge is 2.03. The van der Waals surface area contributed by atoms with Gasteiger partial charge in [0.05, 0.1) is 6.61 Å². The quantitative estimate of drug-likeness (QED) is 0.434. The van der Waals surface area contributed by atoms with E-state index in [0.29, 0.717) is 13.0 Å². The second-order valence-electron chi connectivity index (χ2n) is 1.92. The fraction of sp³-hybridized carbons (Fsp3) is 0.857. The van der Waals surface area contributed by atoms with E-state index in [2.05, 4.69) is 4.74 Å². The Labute approximate surface area is 61.5 Å². The molecule has 0 rings (SSSR count). The normalized spacial score (nSPS) is 12.1. The predicted octanol–water partition coefficient (Wildman–Crippen LogP) is 1.65. The lowest BCUT2D eigenvalue weighted by Gasteiger charge is -2.10. The summed E-state index contributed by atoms with van der Waals surface area (Å²) in [6.45, 7) is 4.58. The highest BCUT2D eigenvalue weighted by Crippen LogP contribution is 1.99. The summed E-state index contributed by atoms with van der Waals surface area (Å²) in [5, 5.41) is 8.11. The Morgan fingerprint density at radius 3 is 2.60 bits per heavy atom. The van der Waals surface area contributed by atoms with E-state index >= 15 is 0 Å². The van der Waals surface area contributed by atoms with Crippen molar-refractivity contribution < 1.29 is 9.47 Å². The first kappa shape index (κ1) is 9.25. The summed E-state index contributed by atoms with van der Waals surface area (Å²) in [4.78, 5) is 0. The van der Waals surface area contributed by atoms with E-state index in [9.17, 15) is 0 Å². The van der Waals surface area contributed by atoms with Crippen molar-refractivity contribution in [3.63, 3.8) is 0 Å². The molecule has 0 saturated carbocycles. The van der Waals surface area contributed by atoms with Gasteiger partial charge < -0.3 is 9.47 Å². The lowest BCUT2D eigenvalue weighted by Crippen LogP contribution is -2.13. The van der Waals surface area contributed by atoms with Crippen molar-refractivity contribution in [3.8, 4) is 6.26 Å². The van der Waals surface area contributed by atoms with Crippen molar-refractivity contribution in [2.45, 2.75) is 33.0 Å². The number of nitrogens with zero attached hydrogens (tertiary/aromatic N) is 1. The summed E-state index contributed by atoms with van der Waals surface area (Å²) >= 11 is 0. The van der Waals surface area contributed by atoms with Gasteiger partial charge in [-0.3, -0.25) is 0 Å². The minimum Gasteiger partial charge on any atom is -0.395 e. The van der Waals surface area contributed by atoms with Gasteiger partial charge in [0, 0.05) is 6.42 Å². The molecule has 0 heterocycles. The Hall–Kier alpha value is -0.750. The van der Waals surface area contributed by atoms with Crippen LogP contribution in [0, 0.1) is 11.5 Å². The molecule has 1 atom stereocenters. The Kier molecular flexibility index (Phi) is 5.89. The number of nitriles is 1. The van der Waals surface area contributed by atoms with Crippen molar-refractivity contribution in [2.75, 3.05) is 6.61 Å². The molecule has 10 heavy (non-hydrogen) atoms. The minimum absolute atomic E-state index is 0.343. The zero-order chi connectivity index (χ0) is 7.82. The third-order valence-corrected chi connectivity index (χ3v) is 1.03. The third-order valence-electron chi connectivity index (χ3n) is 1.03. The van der Waals surface area contributed by atoms with Gasteiger partial charge in [0.25, 0.3) is 6.26 Å². The van der Waals surface area contributed by atoms with Gasteiger partial charge in [0.2, 0.25) is 6.29 Å². The summed E-state index contributed by atoms with van der Waals surface area (Å²) in [6, 6.07) is 0. The molecule has 3 heteroatoms. The zero-order valence-corrected chi connectivity index (χ0v) is 6.46. The van der Waals surface area contributed by atoms with E-state index in [1.807, 2.05) is 13.8 Å². The molecule has 58 valence electrons. The Balaban J connectivity index is 3.32. The van der Waals surface area contributed by atoms with Crippen LogP contribution < -0.4 is 0 Å². The molecule has 0 aliphatic rings. The highest BCUT2D eigenvalue weighted by molar-refractivity contribution is 4.51. The predicted molar refractivity (Wildman–Crippen MR) is 37.0 cm³/mol. The average molecular weight is 143 g/mol. The molecule has 0 spiro atoms. The van der Waals surface area contributed by atoms with Crippen LogP contribution in [0.4, 0.5) is 0 Å². The van der Waals surface area contributed by atoms with E-state index in [4.69, 9.17) is 10.00 Å². The van der Waals surface area contributed by atoms with Crippen LogP contribution in [0.1, 0.15) is 26.7 Å². The van der Waals surface area contributed by atoms with Crippen LogP contribution in [0.5, 0.6) is 0 Å². The Bertz CT molecular complexity index is 109. The van der Waals surface area contributed by atoms with Gasteiger partial charge in [0.15, 0.2) is 0 Å². The standard InChI is InChI=1S/C7H13NO2/c1-3-5-9-7(4-2)10-6-8/h7H,3-5H2,1-2H3. The van der Waals surface area contributed by atoms with Crippen LogP contribution in [0.2, 0.25) is 0 Å². The molecule has 0 amide bonds. The van der Waals surface area contributed by atoms with Crippen LogP contribution in [-0.2, 0) is 9.47 Å². The third kappa shape index (κ3) is 4.16. The van der Waals surface area contributed by atoms with Gasteiger partial charge >= 0.3 is 0 Å². The van der Waals surface area contributed by atoms with Crippen LogP contribution in [-0.4, -0.2) is 12.9 Å². The van der Waals surface area contributed by atoms with Gasteiger partial charge in [-0.25, -0.2) is 0 Å². The van der Waals surface area contributed by atoms with Gasteiger partial charge in [-0.15, -0.1) is 0 Å². The number of hydrogen-bond acceptors (Lipinski definition) is 3. The summed E-state index contributed by atoms with van der Waals surface area (Å²) in [5.74, 6) is 0. The SMILES string of the molecule is CCCOC(CC)OC#N. The largest absolute Gasteiger partial charge is 0.395 e. The van der Waals surface area contributed by atoms with Crippen molar-refractivity contribution in [2.24, 2.45) is 0 Å². The number of ether oxygens (including phenoxy) is 2. The lowest BCUT2D eigenvalue weighted by molar-refractivity contribution is -0.100. The van der Waals surface area contributed by atoms with Crippen molar-refractivity contribution in [3.05, 3.63) is 0 Å². The van der Waals surface area contributed by atoms with Gasteiger partial charge in [0.1, 0.15) is 0 Å². The summed E-state index contributed by atoms with van der Waals surface area (Å²) in [5.41, 5.74) is 0. The minimum atomic E-state index is -0.343. The smallest absolute Gasteiger partial charge is 0.289 e. The average Bonchev–Trinajstić information content (AvgIpc) is 1.98. The highest BCUT2D eigenvalue weighted by atomic mass is 16.7. The molecule has 0 aromatic rings. The molecule has 0 aliphatic carbocycles. The van der Waals surface area contributed by atoms with Gasteiger partial charge in [-0.1, -0.05) is 13.8 Å². The molecule has 0 saturated heterocycles. The topological polar surface area (TPSA) is 42.2 Å². The maximum absolute atomic E-state index is 8.11. The molecular formula is C7H13NO2. The molecule has 0 fully saturated rings. The molecule has 0 radical (unpaired) electrons. The van der Waals surface area contributed by atoms with E-state index in [-0.39, 0.29) is 6.29 Å². The molecule has 0 aromatic carbocycles. The van der Waals surface area contributed by atoms with Gasteiger partial charge in [-0.2, -0.15) is 5.26 Å². The lowest BCUT2D eigenvalue weighted by atomic mass is 10.4. The van der Waals surface area contributed by atoms with Gasteiger partial charge in [-0.05, 0) is 6.42 Å². The second kappa shape index (κ2) is 6.37. The molecule has 0 aliphatic heterocycles. The monoisotopic (exact) mass is 143 g/mol. The van der Waals surface area contributed by atoms with Crippen LogP contribution in [0.15, 0.2) is 0 Å². The number of hydrogen-bond donors (Lipinski definition) is 0. The summed E-state index contributed by atoms with van der Waals surface area (Å²) in [6.07, 6.45) is 2.93. The fourth-order valence-electron chi connectivity index (χ4n) is 0.543. The maximum Gasteiger partial charge on any atom is 0.289 e. The maximum atomic E-state index is 8.11. The molecule has 0 N–H and O–H groups in total. The molecular weight excluding hydrogens is 130 g/mol. The first-order chi connectivity index (χ1) is 4.85. The molecule has 3 nitrogen and oxygen atoms in total. The van der Waals surface area contributed by atoms with Crippen LogP contribution in [0.3, 0.4) is 0 Å². The number of rotatable bonds is 5. The molecule has 0 aromatic heterocycles. The Morgan fingerprint density at radius 1 is 1.50 bits per heavy atom. The molecule has 1 unspecified atom stereocenters. The zero-order valence-electron chi connectivity index (χ0n) is 6.46. The Morgan fingerprint density at radius 2 is 2.20 bits per heavy atom. The second-order valence-corrected chi connectivity index (χ2v) is 1.92. The summed E-state index contributed by atoms with van der Waals surface area (Å²) in [7, 11) is 0. The van der Waals surface area contributed by atoms with Crippen molar-refractivity contribution >= 4 is 0 Å². The van der Waals surface area contributed by atoms with Crippen LogP contribution >= 0.6 is 0 Å². The van der Waals surface area contributed by atoms with Crippen LogP contribution in [0.25, 0.3) is 0 Å². The van der Waals surface area contributed by atoms with Crippen molar-refractivity contribution in [1.29, 1.82) is 5.26 Å². The van der Waals surface area contributed by atoms with Crippen molar-refractivity contribution in [1.82, 2.24) is 0 Å².